The summed E-state index contributed by atoms with van der Waals surface area (Å²) in [6.45, 7) is -0.738. The number of anilines is 2. The lowest BCUT2D eigenvalue weighted by atomic mass is 9.67. The molecule has 0 spiro atoms. The second-order valence-electron chi connectivity index (χ2n) is 10.4. The lowest BCUT2D eigenvalue weighted by molar-refractivity contribution is -0.175. The molecular formula is C26H24F9NO3S. The van der Waals surface area contributed by atoms with Crippen molar-refractivity contribution in [1.29, 1.82) is 0 Å². The molecular weight excluding hydrogens is 577 g/mol. The highest BCUT2D eigenvalue weighted by Gasteiger charge is 2.57. The maximum absolute atomic E-state index is 15.5. The maximum atomic E-state index is 15.5. The van der Waals surface area contributed by atoms with Crippen LogP contribution in [0.15, 0.2) is 41.3 Å². The Morgan fingerprint density at radius 3 is 2.35 bits per heavy atom. The van der Waals surface area contributed by atoms with Crippen molar-refractivity contribution >= 4 is 28.5 Å². The molecule has 4 nitrogen and oxygen atoms in total. The Morgan fingerprint density at radius 1 is 1.12 bits per heavy atom. The molecule has 4 rings (SSSR count). The van der Waals surface area contributed by atoms with E-state index in [0.717, 1.165) is 17.0 Å². The maximum Gasteiger partial charge on any atom is 0.420 e. The minimum Gasteiger partial charge on any atom is -0.492 e. The first-order chi connectivity index (χ1) is 18.4. The molecule has 2 aromatic rings. The zero-order chi connectivity index (χ0) is 29.7. The average Bonchev–Trinajstić information content (AvgIpc) is 2.93. The van der Waals surface area contributed by atoms with E-state index in [-0.39, 0.29) is 12.0 Å². The highest BCUT2D eigenvalue weighted by Crippen LogP contribution is 2.52. The van der Waals surface area contributed by atoms with E-state index < -0.39 is 112 Å². The molecule has 0 amide bonds. The molecule has 2 aliphatic rings. The summed E-state index contributed by atoms with van der Waals surface area (Å²) in [6.07, 6.45) is -8.10. The number of hydrogen-bond donors (Lipinski definition) is 0. The highest BCUT2D eigenvalue weighted by atomic mass is 32.2. The van der Waals surface area contributed by atoms with E-state index in [1.165, 1.54) is 12.1 Å². The smallest absolute Gasteiger partial charge is 0.420 e. The fourth-order valence-corrected chi connectivity index (χ4v) is 6.36. The Bertz CT molecular complexity index is 1290. The van der Waals surface area contributed by atoms with Crippen LogP contribution in [0.5, 0.6) is 5.75 Å². The minimum atomic E-state index is -5.11. The highest BCUT2D eigenvalue weighted by molar-refractivity contribution is 7.85. The predicted molar refractivity (Wildman–Crippen MR) is 128 cm³/mol. The lowest BCUT2D eigenvalue weighted by Gasteiger charge is -2.42. The number of benzene rings is 2. The SMILES string of the molecule is CC(F)(F)CCC1CN(c2cccc(F)c2)c2cc(C(F)(F)F)c(OCC3(C=O)CC(F)(F)C3)cc2S(=O)C1F. The van der Waals surface area contributed by atoms with Crippen LogP contribution in [0, 0.1) is 17.2 Å². The Balaban J connectivity index is 1.81. The number of halogens is 9. The van der Waals surface area contributed by atoms with Gasteiger partial charge in [-0.2, -0.15) is 13.2 Å². The van der Waals surface area contributed by atoms with Crippen LogP contribution in [0.4, 0.5) is 50.9 Å². The third-order valence-electron chi connectivity index (χ3n) is 6.93. The molecule has 1 aliphatic heterocycles. The van der Waals surface area contributed by atoms with Crippen molar-refractivity contribution in [1.82, 2.24) is 0 Å². The molecule has 3 unspecified atom stereocenters. The molecule has 0 N–H and O–H groups in total. The van der Waals surface area contributed by atoms with Crippen LogP contribution in [0.1, 0.15) is 38.2 Å². The summed E-state index contributed by atoms with van der Waals surface area (Å²) >= 11 is 0. The van der Waals surface area contributed by atoms with Gasteiger partial charge >= 0.3 is 6.18 Å². The molecule has 220 valence electrons. The van der Waals surface area contributed by atoms with E-state index in [1.54, 1.807) is 0 Å². The number of ether oxygens (including phenoxy) is 1. The van der Waals surface area contributed by atoms with Crippen molar-refractivity contribution in [2.24, 2.45) is 11.3 Å². The van der Waals surface area contributed by atoms with Crippen molar-refractivity contribution in [3.63, 3.8) is 0 Å². The van der Waals surface area contributed by atoms with Crippen molar-refractivity contribution in [2.45, 2.75) is 61.0 Å². The second-order valence-corrected chi connectivity index (χ2v) is 11.9. The van der Waals surface area contributed by atoms with E-state index in [0.29, 0.717) is 19.1 Å². The third kappa shape index (κ3) is 6.41. The van der Waals surface area contributed by atoms with Gasteiger partial charge in [-0.05, 0) is 43.7 Å². The molecule has 1 saturated carbocycles. The summed E-state index contributed by atoms with van der Waals surface area (Å²) in [7, 11) is -2.69. The number of fused-ring (bicyclic) bond motifs is 1. The summed E-state index contributed by atoms with van der Waals surface area (Å²) in [5.74, 6) is -9.51. The fourth-order valence-electron chi connectivity index (χ4n) is 4.94. The predicted octanol–water partition coefficient (Wildman–Crippen LogP) is 7.44. The van der Waals surface area contributed by atoms with Crippen LogP contribution in [0.2, 0.25) is 0 Å². The lowest BCUT2D eigenvalue weighted by Crippen LogP contribution is -2.50. The Hall–Kier alpha value is -2.77. The first kappa shape index (κ1) is 30.2. The number of nitrogens with zero attached hydrogens (tertiary/aromatic N) is 1. The molecule has 1 heterocycles. The van der Waals surface area contributed by atoms with Crippen LogP contribution < -0.4 is 9.64 Å². The van der Waals surface area contributed by atoms with E-state index >= 15 is 4.39 Å². The quantitative estimate of drug-likeness (QED) is 0.233. The van der Waals surface area contributed by atoms with E-state index in [4.69, 9.17) is 4.74 Å². The summed E-state index contributed by atoms with van der Waals surface area (Å²) in [5, 5.41) is 0. The van der Waals surface area contributed by atoms with Gasteiger partial charge in [-0.1, -0.05) is 6.07 Å². The number of aldehydes is 1. The number of alkyl halides is 8. The van der Waals surface area contributed by atoms with Gasteiger partial charge < -0.3 is 14.4 Å². The van der Waals surface area contributed by atoms with Crippen LogP contribution in [-0.2, 0) is 21.8 Å². The van der Waals surface area contributed by atoms with Gasteiger partial charge in [0.2, 0.25) is 11.8 Å². The van der Waals surface area contributed by atoms with Gasteiger partial charge in [0.15, 0.2) is 5.50 Å². The molecule has 14 heteroatoms. The fraction of sp³-hybridized carbons (Fsp3) is 0.500. The number of carbonyl (C=O) groups is 1. The van der Waals surface area contributed by atoms with Crippen molar-refractivity contribution in [2.75, 3.05) is 18.1 Å². The Morgan fingerprint density at radius 2 is 1.80 bits per heavy atom. The van der Waals surface area contributed by atoms with Gasteiger partial charge in [0.25, 0.3) is 0 Å². The zero-order valence-corrected chi connectivity index (χ0v) is 21.7. The first-order valence-corrected chi connectivity index (χ1v) is 13.3. The minimum absolute atomic E-state index is 0.0426. The van der Waals surface area contributed by atoms with Gasteiger partial charge in [0, 0.05) is 37.4 Å². The van der Waals surface area contributed by atoms with Crippen LogP contribution in [0.25, 0.3) is 0 Å². The molecule has 1 aliphatic carbocycles. The van der Waals surface area contributed by atoms with Crippen LogP contribution in [0.3, 0.4) is 0 Å². The first-order valence-electron chi connectivity index (χ1n) is 12.1. The summed E-state index contributed by atoms with van der Waals surface area (Å²) in [5.41, 5.74) is -5.94. The topological polar surface area (TPSA) is 46.6 Å². The molecule has 0 saturated heterocycles. The van der Waals surface area contributed by atoms with Crippen molar-refractivity contribution in [3.05, 3.63) is 47.8 Å². The Labute approximate surface area is 225 Å². The zero-order valence-electron chi connectivity index (χ0n) is 20.9. The van der Waals surface area contributed by atoms with Crippen molar-refractivity contribution < 1.29 is 53.3 Å². The molecule has 0 bridgehead atoms. The largest absolute Gasteiger partial charge is 0.492 e. The molecule has 3 atom stereocenters. The van der Waals surface area contributed by atoms with Gasteiger partial charge in [0.05, 0.1) is 32.4 Å². The third-order valence-corrected chi connectivity index (χ3v) is 8.48. The molecule has 2 aromatic carbocycles. The number of rotatable bonds is 8. The van der Waals surface area contributed by atoms with Gasteiger partial charge in [-0.25, -0.2) is 26.3 Å². The standard InChI is InChI=1S/C26H24F9NO3S/c1-23(29,30)6-5-15-10-36(17-4-2-3-16(27)7-17)19-8-18(26(33,34)35)20(9-21(19)40(38)22(15)28)39-14-24(13-37)11-25(31,32)12-24/h2-4,7-9,13,15,22H,5-6,10-12,14H2,1H3. The molecule has 1 fully saturated rings. The summed E-state index contributed by atoms with van der Waals surface area (Å²) in [4.78, 5) is 12.0. The molecule has 0 radical (unpaired) electrons. The normalized spacial score (nSPS) is 24.1. The number of hydrogen-bond acceptors (Lipinski definition) is 4. The summed E-state index contributed by atoms with van der Waals surface area (Å²) < 4.78 is 145. The molecule has 40 heavy (non-hydrogen) atoms. The van der Waals surface area contributed by atoms with E-state index in [9.17, 15) is 44.1 Å². The summed E-state index contributed by atoms with van der Waals surface area (Å²) in [6, 6.07) is 5.71. The van der Waals surface area contributed by atoms with Crippen LogP contribution >= 0.6 is 0 Å². The Kier molecular flexibility index (Phi) is 7.98. The monoisotopic (exact) mass is 601 g/mol. The van der Waals surface area contributed by atoms with Gasteiger partial charge in [-0.15, -0.1) is 0 Å². The van der Waals surface area contributed by atoms with Gasteiger partial charge in [-0.3, -0.25) is 4.21 Å². The molecule has 0 aromatic heterocycles. The second kappa shape index (κ2) is 10.6. The van der Waals surface area contributed by atoms with Gasteiger partial charge in [0.1, 0.15) is 24.5 Å². The number of carbonyl (C=O) groups excluding carboxylic acids is 1. The van der Waals surface area contributed by atoms with E-state index in [2.05, 4.69) is 0 Å². The van der Waals surface area contributed by atoms with E-state index in [1.807, 2.05) is 0 Å². The van der Waals surface area contributed by atoms with Crippen molar-refractivity contribution in [3.8, 4) is 5.75 Å². The average molecular weight is 602 g/mol. The van der Waals surface area contributed by atoms with Crippen LogP contribution in [-0.4, -0.2) is 41.0 Å².